The lowest BCUT2D eigenvalue weighted by Crippen LogP contribution is -2.29. The number of tetrazole rings is 1. The average molecular weight is 589 g/mol. The lowest BCUT2D eigenvalue weighted by Gasteiger charge is -2.15. The Balaban J connectivity index is 1.75. The summed E-state index contributed by atoms with van der Waals surface area (Å²) in [5.74, 6) is -2.70. The summed E-state index contributed by atoms with van der Waals surface area (Å²) in [5.41, 5.74) is 0.508. The number of hydrogen-bond acceptors (Lipinski definition) is 9. The van der Waals surface area contributed by atoms with Gasteiger partial charge in [0.15, 0.2) is 5.82 Å². The van der Waals surface area contributed by atoms with Crippen molar-refractivity contribution in [1.29, 1.82) is 5.26 Å². The third-order valence-corrected chi connectivity index (χ3v) is 5.86. The normalized spacial score (nSPS) is 11.2. The minimum Gasteiger partial charge on any atom is -0.383 e. The summed E-state index contributed by atoms with van der Waals surface area (Å²) in [6.07, 6.45) is -3.44. The first kappa shape index (κ1) is 29.1. The fourth-order valence-electron chi connectivity index (χ4n) is 3.77. The van der Waals surface area contributed by atoms with Gasteiger partial charge in [-0.2, -0.15) is 23.5 Å². The van der Waals surface area contributed by atoms with Crippen LogP contribution in [-0.2, 0) is 17.5 Å². The molecule has 0 aliphatic carbocycles. The van der Waals surface area contributed by atoms with Crippen LogP contribution in [0.15, 0.2) is 36.5 Å². The number of halogens is 4. The van der Waals surface area contributed by atoms with Crippen LogP contribution in [0, 0.1) is 18.3 Å². The number of pyridine rings is 1. The molecule has 0 saturated heterocycles. The first-order valence-corrected chi connectivity index (χ1v) is 12.1. The summed E-state index contributed by atoms with van der Waals surface area (Å²) < 4.78 is 46.4. The Hall–Kier alpha value is -4.88. The van der Waals surface area contributed by atoms with Crippen molar-refractivity contribution in [2.45, 2.75) is 19.6 Å². The van der Waals surface area contributed by atoms with Crippen LogP contribution >= 0.6 is 11.6 Å². The topological polar surface area (TPSA) is 166 Å². The van der Waals surface area contributed by atoms with Gasteiger partial charge in [0.2, 0.25) is 0 Å². The Bertz CT molecular complexity index is 1640. The van der Waals surface area contributed by atoms with Crippen LogP contribution in [0.5, 0.6) is 0 Å². The Labute approximate surface area is 234 Å². The van der Waals surface area contributed by atoms with Gasteiger partial charge in [0.05, 0.1) is 46.8 Å². The van der Waals surface area contributed by atoms with Gasteiger partial charge in [0.25, 0.3) is 17.6 Å². The van der Waals surface area contributed by atoms with Crippen LogP contribution in [-0.4, -0.2) is 67.0 Å². The van der Waals surface area contributed by atoms with E-state index in [-0.39, 0.29) is 52.2 Å². The van der Waals surface area contributed by atoms with Crippen molar-refractivity contribution in [1.82, 2.24) is 40.3 Å². The minimum absolute atomic E-state index is 0.0108. The van der Waals surface area contributed by atoms with E-state index in [2.05, 4.69) is 36.2 Å². The molecule has 41 heavy (non-hydrogen) atoms. The number of hydrogen-bond donors (Lipinski definition) is 2. The molecule has 3 heterocycles. The van der Waals surface area contributed by atoms with Crippen molar-refractivity contribution in [3.8, 4) is 11.9 Å². The first-order valence-electron chi connectivity index (χ1n) is 11.7. The van der Waals surface area contributed by atoms with Crippen molar-refractivity contribution in [3.05, 3.63) is 75.5 Å². The third-order valence-electron chi connectivity index (χ3n) is 5.57. The van der Waals surface area contributed by atoms with Crippen molar-refractivity contribution in [2.75, 3.05) is 25.6 Å². The zero-order valence-corrected chi connectivity index (χ0v) is 22.2. The molecule has 0 radical (unpaired) electrons. The summed E-state index contributed by atoms with van der Waals surface area (Å²) in [7, 11) is 1.47. The first-order chi connectivity index (χ1) is 19.5. The molecule has 3 aromatic heterocycles. The van der Waals surface area contributed by atoms with Crippen molar-refractivity contribution >= 4 is 29.1 Å². The van der Waals surface area contributed by atoms with E-state index < -0.39 is 30.4 Å². The number of benzene rings is 1. The van der Waals surface area contributed by atoms with Crippen LogP contribution in [0.2, 0.25) is 5.02 Å². The molecule has 1 aromatic carbocycles. The van der Waals surface area contributed by atoms with Crippen molar-refractivity contribution in [3.63, 3.8) is 0 Å². The van der Waals surface area contributed by atoms with E-state index in [9.17, 15) is 28.0 Å². The van der Waals surface area contributed by atoms with E-state index in [0.717, 1.165) is 4.68 Å². The van der Waals surface area contributed by atoms with Crippen molar-refractivity contribution in [2.24, 2.45) is 0 Å². The molecule has 0 aliphatic rings. The largest absolute Gasteiger partial charge is 0.453 e. The number of nitrogens with one attached hydrogen (secondary N) is 2. The number of nitriles is 1. The summed E-state index contributed by atoms with van der Waals surface area (Å²) in [6.45, 7) is 1.46. The Morgan fingerprint density at radius 2 is 2.00 bits per heavy atom. The summed E-state index contributed by atoms with van der Waals surface area (Å²) >= 11 is 6.28. The highest BCUT2D eigenvalue weighted by Crippen LogP contribution is 2.28. The van der Waals surface area contributed by atoms with Gasteiger partial charge in [-0.1, -0.05) is 11.6 Å². The molecule has 0 bridgehead atoms. The summed E-state index contributed by atoms with van der Waals surface area (Å²) in [5, 5.41) is 28.5. The summed E-state index contributed by atoms with van der Waals surface area (Å²) in [4.78, 5) is 30.7. The van der Waals surface area contributed by atoms with Gasteiger partial charge in [-0.15, -0.1) is 5.10 Å². The average Bonchev–Trinajstić information content (AvgIpc) is 3.57. The van der Waals surface area contributed by atoms with E-state index in [1.807, 2.05) is 6.07 Å². The molecule has 4 aromatic rings. The molecule has 13 nitrogen and oxygen atoms in total. The minimum atomic E-state index is -4.83. The molecular formula is C24H20ClF3N10O3. The number of amides is 2. The standard InChI is InChI=1S/C24H20ClF3N10O3/c1-13-8-14(11-29)9-16(21(39)31-6-7-41-2)19(13)32-22(40)18-10-15(12-37-23(24(26,27)28)33-35-36-37)34-38(18)20-17(25)4-3-5-30-20/h3-5,8-10H,6-7,12H2,1-2H3,(H,31,39)(H,32,40). The van der Waals surface area contributed by atoms with E-state index in [0.29, 0.717) is 10.2 Å². The molecule has 0 saturated carbocycles. The highest BCUT2D eigenvalue weighted by molar-refractivity contribution is 6.32. The molecule has 212 valence electrons. The highest BCUT2D eigenvalue weighted by Gasteiger charge is 2.38. The second-order valence-electron chi connectivity index (χ2n) is 8.43. The van der Waals surface area contributed by atoms with Gasteiger partial charge in [0.1, 0.15) is 5.69 Å². The fourth-order valence-corrected chi connectivity index (χ4v) is 3.97. The molecule has 0 unspecified atom stereocenters. The molecule has 4 rings (SSSR count). The molecule has 2 N–H and O–H groups in total. The molecule has 0 spiro atoms. The zero-order valence-electron chi connectivity index (χ0n) is 21.4. The molecule has 0 fully saturated rings. The van der Waals surface area contributed by atoms with Gasteiger partial charge in [-0.25, -0.2) is 14.3 Å². The number of alkyl halides is 3. The van der Waals surface area contributed by atoms with Gasteiger partial charge < -0.3 is 15.4 Å². The second kappa shape index (κ2) is 12.1. The van der Waals surface area contributed by atoms with Crippen LogP contribution in [0.3, 0.4) is 0 Å². The lowest BCUT2D eigenvalue weighted by atomic mass is 10.0. The Morgan fingerprint density at radius 1 is 1.22 bits per heavy atom. The number of methoxy groups -OCH3 is 1. The molecular weight excluding hydrogens is 569 g/mol. The monoisotopic (exact) mass is 588 g/mol. The van der Waals surface area contributed by atoms with Gasteiger partial charge in [0, 0.05) is 19.9 Å². The predicted octanol–water partition coefficient (Wildman–Crippen LogP) is 2.78. The van der Waals surface area contributed by atoms with Gasteiger partial charge >= 0.3 is 6.18 Å². The maximum atomic E-state index is 13.6. The molecule has 0 aliphatic heterocycles. The second-order valence-corrected chi connectivity index (χ2v) is 8.84. The van der Waals surface area contributed by atoms with Crippen LogP contribution in [0.1, 0.15) is 43.5 Å². The molecule has 17 heteroatoms. The Kier molecular flexibility index (Phi) is 8.59. The predicted molar refractivity (Wildman–Crippen MR) is 136 cm³/mol. The molecule has 0 atom stereocenters. The number of ether oxygens (including phenoxy) is 1. The number of aryl methyl sites for hydroxylation is 1. The number of rotatable bonds is 9. The SMILES string of the molecule is COCCNC(=O)c1cc(C#N)cc(C)c1NC(=O)c1cc(Cn2nnnc2C(F)(F)F)nn1-c1ncccc1Cl. The number of carbonyl (C=O) groups is 2. The molecule has 2 amide bonds. The number of anilines is 1. The zero-order chi connectivity index (χ0) is 29.7. The fraction of sp³-hybridized carbons (Fsp3) is 0.250. The maximum Gasteiger partial charge on any atom is 0.453 e. The van der Waals surface area contributed by atoms with Crippen molar-refractivity contribution < 1.29 is 27.5 Å². The number of carbonyl (C=O) groups excluding carboxylic acids is 2. The van der Waals surface area contributed by atoms with E-state index >= 15 is 0 Å². The van der Waals surface area contributed by atoms with Crippen LogP contribution < -0.4 is 10.6 Å². The maximum absolute atomic E-state index is 13.6. The summed E-state index contributed by atoms with van der Waals surface area (Å²) in [6, 6.07) is 9.02. The lowest BCUT2D eigenvalue weighted by molar-refractivity contribution is -0.147. The smallest absolute Gasteiger partial charge is 0.383 e. The van der Waals surface area contributed by atoms with E-state index in [4.69, 9.17) is 16.3 Å². The Morgan fingerprint density at radius 3 is 2.68 bits per heavy atom. The van der Waals surface area contributed by atoms with E-state index in [1.54, 1.807) is 13.0 Å². The van der Waals surface area contributed by atoms with Crippen LogP contribution in [0.25, 0.3) is 5.82 Å². The highest BCUT2D eigenvalue weighted by atomic mass is 35.5. The quantitative estimate of drug-likeness (QED) is 0.280. The van der Waals surface area contributed by atoms with Gasteiger partial charge in [-0.3, -0.25) is 9.59 Å². The van der Waals surface area contributed by atoms with E-state index in [1.165, 1.54) is 37.6 Å². The van der Waals surface area contributed by atoms with Gasteiger partial charge in [-0.05, 0) is 53.2 Å². The number of aromatic nitrogens is 7. The third kappa shape index (κ3) is 6.48. The van der Waals surface area contributed by atoms with Crippen LogP contribution in [0.4, 0.5) is 18.9 Å². The number of nitrogens with zero attached hydrogens (tertiary/aromatic N) is 8.